The lowest BCUT2D eigenvalue weighted by Gasteiger charge is -2.32. The van der Waals surface area contributed by atoms with E-state index < -0.39 is 11.9 Å². The largest absolute Gasteiger partial charge is 0.495 e. The normalized spacial score (nSPS) is 18.4. The third-order valence-corrected chi connectivity index (χ3v) is 8.84. The highest BCUT2D eigenvalue weighted by Gasteiger charge is 2.39. The number of carbonyl (C=O) groups is 4. The Morgan fingerprint density at radius 3 is 2.70 bits per heavy atom. The van der Waals surface area contributed by atoms with Gasteiger partial charge in [-0.15, -0.1) is 0 Å². The van der Waals surface area contributed by atoms with Crippen LogP contribution in [0.3, 0.4) is 0 Å². The molecule has 3 aliphatic heterocycles. The first-order valence-electron chi connectivity index (χ1n) is 16.3. The van der Waals surface area contributed by atoms with E-state index in [1.165, 1.54) is 7.11 Å². The molecule has 2 aromatic carbocycles. The van der Waals surface area contributed by atoms with Crippen LogP contribution in [0.4, 0.5) is 5.69 Å². The minimum atomic E-state index is -0.632. The van der Waals surface area contributed by atoms with Crippen molar-refractivity contribution < 1.29 is 28.7 Å². The molecule has 0 bridgehead atoms. The van der Waals surface area contributed by atoms with Gasteiger partial charge in [0.2, 0.25) is 11.8 Å². The number of rotatable bonds is 13. The number of ether oxygens (including phenoxy) is 2. The molecule has 12 nitrogen and oxygen atoms in total. The van der Waals surface area contributed by atoms with Crippen molar-refractivity contribution in [3.63, 3.8) is 0 Å². The van der Waals surface area contributed by atoms with E-state index in [9.17, 15) is 19.2 Å². The van der Waals surface area contributed by atoms with Crippen LogP contribution >= 0.6 is 0 Å². The molecule has 12 heteroatoms. The monoisotopic (exact) mass is 644 g/mol. The maximum atomic E-state index is 13.0. The molecule has 0 spiro atoms. The number of methoxy groups -OCH3 is 1. The topological polar surface area (TPSA) is 155 Å². The second kappa shape index (κ2) is 16.4. The van der Waals surface area contributed by atoms with Crippen molar-refractivity contribution in [3.05, 3.63) is 58.7 Å². The molecular weight excluding hydrogens is 600 g/mol. The summed E-state index contributed by atoms with van der Waals surface area (Å²) in [4.78, 5) is 53.4. The fraction of sp³-hybridized carbons (Fsp3) is 0.486. The number of nitrogen functional groups attached to an aromatic ring is 1. The number of anilines is 1. The third kappa shape index (κ3) is 8.88. The molecule has 0 aliphatic carbocycles. The first-order valence-corrected chi connectivity index (χ1v) is 16.3. The molecule has 5 N–H and O–H groups in total. The molecule has 0 saturated carbocycles. The maximum absolute atomic E-state index is 13.0. The standard InChI is InChI=1S/C35H44N6O6/c1-46-31-22-25(9-10-29(31)36)33(43)38-26-13-17-40(18-14-26)19-21-47-20-5-16-37-15-3-2-6-24-7-4-8-27-28(24)23-41(35(27)45)30-11-12-32(42)39-34(30)44/h4,7-10,22,26,30,37H,3,5,11-21,23,36H2,1H3,(H,38,43)(H,39,42,44). The summed E-state index contributed by atoms with van der Waals surface area (Å²) in [6.45, 7) is 5.98. The average molecular weight is 645 g/mol. The van der Waals surface area contributed by atoms with Crippen molar-refractivity contribution in [2.24, 2.45) is 0 Å². The van der Waals surface area contributed by atoms with E-state index in [0.717, 1.165) is 63.1 Å². The molecule has 4 amide bonds. The van der Waals surface area contributed by atoms with Crippen LogP contribution in [0.25, 0.3) is 0 Å². The Bertz CT molecular complexity index is 1530. The van der Waals surface area contributed by atoms with E-state index in [1.807, 2.05) is 12.1 Å². The van der Waals surface area contributed by atoms with Crippen LogP contribution in [-0.4, -0.2) is 98.6 Å². The fourth-order valence-corrected chi connectivity index (χ4v) is 6.15. The molecule has 2 saturated heterocycles. The summed E-state index contributed by atoms with van der Waals surface area (Å²) >= 11 is 0. The Kier molecular flexibility index (Phi) is 11.8. The summed E-state index contributed by atoms with van der Waals surface area (Å²) in [5.74, 6) is 5.89. The lowest BCUT2D eigenvalue weighted by Crippen LogP contribution is -2.52. The van der Waals surface area contributed by atoms with E-state index in [0.29, 0.717) is 55.2 Å². The predicted molar refractivity (Wildman–Crippen MR) is 177 cm³/mol. The van der Waals surface area contributed by atoms with E-state index in [2.05, 4.69) is 32.7 Å². The van der Waals surface area contributed by atoms with Gasteiger partial charge in [0.25, 0.3) is 11.8 Å². The van der Waals surface area contributed by atoms with Gasteiger partial charge in [-0.25, -0.2) is 0 Å². The summed E-state index contributed by atoms with van der Waals surface area (Å²) in [7, 11) is 1.54. The zero-order valence-electron chi connectivity index (χ0n) is 26.9. The number of piperidine rings is 2. The van der Waals surface area contributed by atoms with Crippen LogP contribution in [0.5, 0.6) is 5.75 Å². The van der Waals surface area contributed by atoms with Gasteiger partial charge in [0, 0.05) is 74.9 Å². The summed E-state index contributed by atoms with van der Waals surface area (Å²) in [5, 5.41) is 8.86. The first kappa shape index (κ1) is 33.9. The minimum absolute atomic E-state index is 0.108. The van der Waals surface area contributed by atoms with Crippen LogP contribution in [-0.2, 0) is 20.9 Å². The van der Waals surface area contributed by atoms with Gasteiger partial charge < -0.3 is 35.6 Å². The molecule has 2 fully saturated rings. The molecular formula is C35H44N6O6. The van der Waals surface area contributed by atoms with E-state index >= 15 is 0 Å². The van der Waals surface area contributed by atoms with Gasteiger partial charge in [-0.05, 0) is 68.1 Å². The van der Waals surface area contributed by atoms with Crippen molar-refractivity contribution in [1.29, 1.82) is 0 Å². The number of imide groups is 1. The molecule has 5 rings (SSSR count). The van der Waals surface area contributed by atoms with Crippen molar-refractivity contribution >= 4 is 29.3 Å². The lowest BCUT2D eigenvalue weighted by molar-refractivity contribution is -0.136. The van der Waals surface area contributed by atoms with Crippen molar-refractivity contribution in [1.82, 2.24) is 25.8 Å². The molecule has 3 heterocycles. The van der Waals surface area contributed by atoms with Gasteiger partial charge in [0.15, 0.2) is 0 Å². The summed E-state index contributed by atoms with van der Waals surface area (Å²) in [6.07, 6.45) is 3.94. The maximum Gasteiger partial charge on any atom is 0.255 e. The lowest BCUT2D eigenvalue weighted by atomic mass is 10.0. The van der Waals surface area contributed by atoms with Crippen molar-refractivity contribution in [2.45, 2.75) is 57.2 Å². The van der Waals surface area contributed by atoms with Gasteiger partial charge in [-0.1, -0.05) is 17.9 Å². The number of hydrogen-bond acceptors (Lipinski definition) is 9. The predicted octanol–water partition coefficient (Wildman–Crippen LogP) is 1.67. The molecule has 1 unspecified atom stereocenters. The number of likely N-dealkylation sites (tertiary alicyclic amines) is 1. The molecule has 1 atom stereocenters. The Morgan fingerprint density at radius 2 is 1.91 bits per heavy atom. The molecule has 0 aromatic heterocycles. The fourth-order valence-electron chi connectivity index (χ4n) is 6.15. The number of nitrogens with one attached hydrogen (secondary N) is 3. The van der Waals surface area contributed by atoms with E-state index in [-0.39, 0.29) is 30.2 Å². The number of nitrogens with zero attached hydrogens (tertiary/aromatic N) is 2. The van der Waals surface area contributed by atoms with Crippen LogP contribution in [0, 0.1) is 11.8 Å². The number of fused-ring (bicyclic) bond motifs is 1. The highest BCUT2D eigenvalue weighted by Crippen LogP contribution is 2.29. The number of benzene rings is 2. The van der Waals surface area contributed by atoms with Gasteiger partial charge in [0.1, 0.15) is 11.8 Å². The van der Waals surface area contributed by atoms with Crippen LogP contribution in [0.1, 0.15) is 70.4 Å². The number of nitrogens with two attached hydrogens (primary N) is 1. The minimum Gasteiger partial charge on any atom is -0.495 e. The number of amides is 4. The SMILES string of the molecule is COc1cc(C(=O)NC2CCN(CCOCCCNCCC#Cc3cccc4c3CN(C3CCC(=O)NC3=O)C4=O)CC2)ccc1N. The van der Waals surface area contributed by atoms with Crippen LogP contribution in [0.15, 0.2) is 36.4 Å². The smallest absolute Gasteiger partial charge is 0.255 e. The summed E-state index contributed by atoms with van der Waals surface area (Å²) < 4.78 is 11.1. The molecule has 47 heavy (non-hydrogen) atoms. The average Bonchev–Trinajstić information content (AvgIpc) is 3.40. The molecule has 2 aromatic rings. The molecule has 3 aliphatic rings. The quantitative estimate of drug-likeness (QED) is 0.110. The van der Waals surface area contributed by atoms with Gasteiger partial charge in [-0.2, -0.15) is 0 Å². The van der Waals surface area contributed by atoms with Gasteiger partial charge in [-0.3, -0.25) is 24.5 Å². The van der Waals surface area contributed by atoms with Crippen LogP contribution < -0.4 is 26.4 Å². The Labute approximate surface area is 275 Å². The molecule has 250 valence electrons. The number of hydrogen-bond donors (Lipinski definition) is 4. The van der Waals surface area contributed by atoms with Crippen molar-refractivity contribution in [2.75, 3.05) is 58.8 Å². The zero-order valence-corrected chi connectivity index (χ0v) is 26.9. The Balaban J connectivity index is 0.911. The van der Waals surface area contributed by atoms with E-state index in [4.69, 9.17) is 15.2 Å². The van der Waals surface area contributed by atoms with Crippen molar-refractivity contribution in [3.8, 4) is 17.6 Å². The Hall–Kier alpha value is -4.44. The van der Waals surface area contributed by atoms with Crippen LogP contribution in [0.2, 0.25) is 0 Å². The second-order valence-electron chi connectivity index (χ2n) is 12.0. The Morgan fingerprint density at radius 1 is 1.09 bits per heavy atom. The van der Waals surface area contributed by atoms with Gasteiger partial charge in [0.05, 0.1) is 19.4 Å². The highest BCUT2D eigenvalue weighted by atomic mass is 16.5. The van der Waals surface area contributed by atoms with E-state index in [1.54, 1.807) is 29.2 Å². The summed E-state index contributed by atoms with van der Waals surface area (Å²) in [6, 6.07) is 10.1. The third-order valence-electron chi connectivity index (χ3n) is 8.84. The number of carbonyl (C=O) groups excluding carboxylic acids is 4. The first-order chi connectivity index (χ1) is 22.8. The highest BCUT2D eigenvalue weighted by molar-refractivity contribution is 6.05. The second-order valence-corrected chi connectivity index (χ2v) is 12.0. The molecule has 0 radical (unpaired) electrons. The zero-order chi connectivity index (χ0) is 33.2. The summed E-state index contributed by atoms with van der Waals surface area (Å²) in [5.41, 5.74) is 9.12. The van der Waals surface area contributed by atoms with Gasteiger partial charge >= 0.3 is 0 Å².